The molecule has 0 saturated carbocycles. The SMILES string of the molecule is CCc1cc(C(=O)OC(C)C(=O)Nc2nc(-c3cccc([N+](=O)[O-])c3)cs2)sc1C. The van der Waals surface area contributed by atoms with E-state index in [1.807, 2.05) is 13.8 Å². The lowest BCUT2D eigenvalue weighted by Gasteiger charge is -2.11. The third-order valence-electron chi connectivity index (χ3n) is 4.34. The molecule has 0 aliphatic carbocycles. The maximum Gasteiger partial charge on any atom is 0.349 e. The van der Waals surface area contributed by atoms with Crippen molar-refractivity contribution in [1.82, 2.24) is 4.98 Å². The van der Waals surface area contributed by atoms with E-state index in [-0.39, 0.29) is 5.69 Å². The van der Waals surface area contributed by atoms with Crippen molar-refractivity contribution in [2.45, 2.75) is 33.3 Å². The van der Waals surface area contributed by atoms with Gasteiger partial charge in [0.05, 0.1) is 10.6 Å². The minimum absolute atomic E-state index is 0.0401. The molecule has 1 atom stereocenters. The van der Waals surface area contributed by atoms with Crippen LogP contribution < -0.4 is 5.32 Å². The summed E-state index contributed by atoms with van der Waals surface area (Å²) in [6.45, 7) is 5.44. The molecule has 0 bridgehead atoms. The molecule has 3 aromatic rings. The summed E-state index contributed by atoms with van der Waals surface area (Å²) in [4.78, 5) is 41.0. The van der Waals surface area contributed by atoms with Gasteiger partial charge < -0.3 is 4.74 Å². The third kappa shape index (κ3) is 4.89. The summed E-state index contributed by atoms with van der Waals surface area (Å²) >= 11 is 2.52. The number of aromatic nitrogens is 1. The smallest absolute Gasteiger partial charge is 0.349 e. The fraction of sp³-hybridized carbons (Fsp3) is 0.250. The van der Waals surface area contributed by atoms with Crippen LogP contribution in [-0.2, 0) is 16.0 Å². The number of thiazole rings is 1. The van der Waals surface area contributed by atoms with Gasteiger partial charge in [-0.1, -0.05) is 19.1 Å². The summed E-state index contributed by atoms with van der Waals surface area (Å²) in [5, 5.41) is 15.5. The van der Waals surface area contributed by atoms with Gasteiger partial charge in [-0.2, -0.15) is 0 Å². The second kappa shape index (κ2) is 9.14. The van der Waals surface area contributed by atoms with Crippen LogP contribution in [-0.4, -0.2) is 27.9 Å². The van der Waals surface area contributed by atoms with Gasteiger partial charge in [-0.05, 0) is 31.9 Å². The molecule has 2 aromatic heterocycles. The average Bonchev–Trinajstić information content (AvgIpc) is 3.34. The minimum Gasteiger partial charge on any atom is -0.448 e. The van der Waals surface area contributed by atoms with E-state index in [1.54, 1.807) is 23.6 Å². The van der Waals surface area contributed by atoms with Crippen LogP contribution >= 0.6 is 22.7 Å². The van der Waals surface area contributed by atoms with Crippen LogP contribution in [0.1, 0.15) is 34.0 Å². The molecule has 1 unspecified atom stereocenters. The number of nitrogens with zero attached hydrogens (tertiary/aromatic N) is 2. The number of amides is 1. The highest BCUT2D eigenvalue weighted by Gasteiger charge is 2.22. The number of carbonyl (C=O) groups excluding carboxylic acids is 2. The lowest BCUT2D eigenvalue weighted by atomic mass is 10.1. The Morgan fingerprint density at radius 2 is 2.10 bits per heavy atom. The van der Waals surface area contributed by atoms with Gasteiger partial charge in [-0.3, -0.25) is 20.2 Å². The number of thiophene rings is 1. The normalized spacial score (nSPS) is 11.7. The second-order valence-electron chi connectivity index (χ2n) is 6.43. The number of esters is 1. The number of hydrogen-bond donors (Lipinski definition) is 1. The molecule has 0 radical (unpaired) electrons. The molecule has 2 heterocycles. The Kier molecular flexibility index (Phi) is 6.58. The molecule has 156 valence electrons. The van der Waals surface area contributed by atoms with E-state index in [1.165, 1.54) is 41.7 Å². The lowest BCUT2D eigenvalue weighted by molar-refractivity contribution is -0.384. The Labute approximate surface area is 180 Å². The van der Waals surface area contributed by atoms with Crippen molar-refractivity contribution in [2.24, 2.45) is 0 Å². The van der Waals surface area contributed by atoms with Crippen molar-refractivity contribution >= 4 is 45.4 Å². The molecular weight excluding hydrogens is 426 g/mol. The highest BCUT2D eigenvalue weighted by atomic mass is 32.1. The number of nitro benzene ring substituents is 1. The standard InChI is InChI=1S/C20H19N3O5S2/c1-4-13-9-17(30-12(13)3)19(25)28-11(2)18(24)22-20-21-16(10-29-20)14-6-5-7-15(8-14)23(26)27/h5-11H,4H2,1-3H3,(H,21,22,24). The highest BCUT2D eigenvalue weighted by Crippen LogP contribution is 2.28. The Morgan fingerprint density at radius 1 is 1.33 bits per heavy atom. The van der Waals surface area contributed by atoms with Crippen molar-refractivity contribution < 1.29 is 19.2 Å². The van der Waals surface area contributed by atoms with E-state index in [2.05, 4.69) is 10.3 Å². The average molecular weight is 446 g/mol. The maximum absolute atomic E-state index is 12.4. The molecule has 0 saturated heterocycles. The fourth-order valence-corrected chi connectivity index (χ4v) is 4.41. The lowest BCUT2D eigenvalue weighted by Crippen LogP contribution is -2.29. The topological polar surface area (TPSA) is 111 Å². The number of carbonyl (C=O) groups is 2. The number of benzene rings is 1. The summed E-state index contributed by atoms with van der Waals surface area (Å²) in [6.07, 6.45) is -0.182. The molecule has 1 N–H and O–H groups in total. The first-order chi connectivity index (χ1) is 14.3. The zero-order valence-corrected chi connectivity index (χ0v) is 18.1. The molecule has 30 heavy (non-hydrogen) atoms. The van der Waals surface area contributed by atoms with Crippen LogP contribution in [0, 0.1) is 17.0 Å². The van der Waals surface area contributed by atoms with Gasteiger partial charge in [0, 0.05) is 28.0 Å². The van der Waals surface area contributed by atoms with Crippen LogP contribution in [0.25, 0.3) is 11.3 Å². The Bertz CT molecular complexity index is 1110. The third-order valence-corrected chi connectivity index (χ3v) is 6.17. The number of nitrogens with one attached hydrogen (secondary N) is 1. The molecule has 8 nitrogen and oxygen atoms in total. The second-order valence-corrected chi connectivity index (χ2v) is 8.54. The van der Waals surface area contributed by atoms with E-state index in [9.17, 15) is 19.7 Å². The molecule has 1 aromatic carbocycles. The predicted molar refractivity (Wildman–Crippen MR) is 116 cm³/mol. The molecule has 10 heteroatoms. The molecule has 0 aliphatic heterocycles. The zero-order valence-electron chi connectivity index (χ0n) is 16.5. The van der Waals surface area contributed by atoms with E-state index < -0.39 is 22.9 Å². The fourth-order valence-electron chi connectivity index (χ4n) is 2.69. The van der Waals surface area contributed by atoms with Gasteiger partial charge in [0.1, 0.15) is 4.88 Å². The number of aryl methyl sites for hydroxylation is 2. The van der Waals surface area contributed by atoms with Crippen molar-refractivity contribution in [1.29, 1.82) is 0 Å². The largest absolute Gasteiger partial charge is 0.448 e. The first kappa shape index (κ1) is 21.6. The van der Waals surface area contributed by atoms with Crippen molar-refractivity contribution in [3.8, 4) is 11.3 Å². The summed E-state index contributed by atoms with van der Waals surface area (Å²) in [5.74, 6) is -1.05. The van der Waals surface area contributed by atoms with Crippen LogP contribution in [0.15, 0.2) is 35.7 Å². The quantitative estimate of drug-likeness (QED) is 0.317. The van der Waals surface area contributed by atoms with Crippen LogP contribution in [0.4, 0.5) is 10.8 Å². The highest BCUT2D eigenvalue weighted by molar-refractivity contribution is 7.14. The Morgan fingerprint density at radius 3 is 2.77 bits per heavy atom. The Hall–Kier alpha value is -3.11. The Balaban J connectivity index is 1.64. The number of rotatable bonds is 7. The summed E-state index contributed by atoms with van der Waals surface area (Å²) in [5.41, 5.74) is 2.12. The van der Waals surface area contributed by atoms with Gasteiger partial charge in [-0.25, -0.2) is 9.78 Å². The predicted octanol–water partition coefficient (Wildman–Crippen LogP) is 4.83. The van der Waals surface area contributed by atoms with Gasteiger partial charge in [0.15, 0.2) is 11.2 Å². The van der Waals surface area contributed by atoms with Crippen molar-refractivity contribution in [2.75, 3.05) is 5.32 Å². The molecule has 1 amide bonds. The van der Waals surface area contributed by atoms with Crippen molar-refractivity contribution in [3.05, 3.63) is 61.1 Å². The van der Waals surface area contributed by atoms with Crippen molar-refractivity contribution in [3.63, 3.8) is 0 Å². The minimum atomic E-state index is -1.00. The number of nitro groups is 1. The van der Waals surface area contributed by atoms with E-state index in [0.29, 0.717) is 21.3 Å². The molecule has 3 rings (SSSR count). The summed E-state index contributed by atoms with van der Waals surface area (Å²) < 4.78 is 5.28. The van der Waals surface area contributed by atoms with E-state index in [0.717, 1.165) is 16.9 Å². The van der Waals surface area contributed by atoms with Crippen LogP contribution in [0.2, 0.25) is 0 Å². The molecule has 0 fully saturated rings. The summed E-state index contributed by atoms with van der Waals surface area (Å²) in [7, 11) is 0. The maximum atomic E-state index is 12.4. The van der Waals surface area contributed by atoms with E-state index in [4.69, 9.17) is 4.74 Å². The van der Waals surface area contributed by atoms with Gasteiger partial charge in [-0.15, -0.1) is 22.7 Å². The van der Waals surface area contributed by atoms with Crippen LogP contribution in [0.5, 0.6) is 0 Å². The number of hydrogen-bond acceptors (Lipinski definition) is 8. The molecular formula is C20H19N3O5S2. The zero-order chi connectivity index (χ0) is 21.8. The van der Waals surface area contributed by atoms with Crippen LogP contribution in [0.3, 0.4) is 0 Å². The summed E-state index contributed by atoms with van der Waals surface area (Å²) in [6, 6.07) is 7.87. The van der Waals surface area contributed by atoms with Gasteiger partial charge in [0.25, 0.3) is 11.6 Å². The molecule has 0 spiro atoms. The van der Waals surface area contributed by atoms with Gasteiger partial charge in [0.2, 0.25) is 0 Å². The number of non-ortho nitro benzene ring substituents is 1. The number of ether oxygens (including phenoxy) is 1. The van der Waals surface area contributed by atoms with E-state index >= 15 is 0 Å². The van der Waals surface area contributed by atoms with Gasteiger partial charge >= 0.3 is 5.97 Å². The first-order valence-electron chi connectivity index (χ1n) is 9.10. The number of anilines is 1. The molecule has 0 aliphatic rings. The monoisotopic (exact) mass is 445 g/mol. The first-order valence-corrected chi connectivity index (χ1v) is 10.8.